The molecule has 0 aliphatic carbocycles. The molecule has 146 valence electrons. The maximum atomic E-state index is 13.3. The summed E-state index contributed by atoms with van der Waals surface area (Å²) in [5.41, 5.74) is 1.97. The van der Waals surface area contributed by atoms with Crippen molar-refractivity contribution in [3.05, 3.63) is 39.0 Å². The number of nitrogens with zero attached hydrogens (tertiary/aromatic N) is 2. The van der Waals surface area contributed by atoms with Crippen LogP contribution < -0.4 is 14.8 Å². The average molecular weight is 506 g/mol. The molecule has 0 saturated heterocycles. The molecule has 0 saturated carbocycles. The standard InChI is InChI=1S/C19H22ClFIN3O2/c1-5-12(6-2)24-18-19(26-4)25-17(11(3)23-18)14-8-7-13(9-15(14)20)27-16(21)10-22/h7-10,12H,5-6H2,1-4H3,(H,23,24). The zero-order valence-electron chi connectivity index (χ0n) is 15.6. The van der Waals surface area contributed by atoms with Crippen LogP contribution in [0.15, 0.2) is 28.3 Å². The summed E-state index contributed by atoms with van der Waals surface area (Å²) in [5.74, 6) is 1.31. The number of aryl methyl sites for hydroxylation is 1. The van der Waals surface area contributed by atoms with Crippen LogP contribution in [0.4, 0.5) is 10.2 Å². The molecule has 5 nitrogen and oxygen atoms in total. The Kier molecular flexibility index (Phi) is 8.09. The highest BCUT2D eigenvalue weighted by Gasteiger charge is 2.17. The van der Waals surface area contributed by atoms with Crippen LogP contribution >= 0.6 is 34.2 Å². The Bertz CT molecular complexity index is 829. The summed E-state index contributed by atoms with van der Waals surface area (Å²) in [5, 5.41) is 3.75. The number of hydrogen-bond donors (Lipinski definition) is 1. The van der Waals surface area contributed by atoms with E-state index in [4.69, 9.17) is 21.1 Å². The number of rotatable bonds is 8. The van der Waals surface area contributed by atoms with E-state index in [9.17, 15) is 4.39 Å². The number of methoxy groups -OCH3 is 1. The van der Waals surface area contributed by atoms with Gasteiger partial charge in [0.15, 0.2) is 5.82 Å². The predicted octanol–water partition coefficient (Wildman–Crippen LogP) is 6.30. The van der Waals surface area contributed by atoms with Crippen molar-refractivity contribution < 1.29 is 13.9 Å². The quantitative estimate of drug-likeness (QED) is 0.337. The van der Waals surface area contributed by atoms with E-state index in [-0.39, 0.29) is 0 Å². The highest BCUT2D eigenvalue weighted by molar-refractivity contribution is 14.1. The van der Waals surface area contributed by atoms with Crippen LogP contribution in [0.1, 0.15) is 32.4 Å². The molecule has 0 fully saturated rings. The molecule has 1 heterocycles. The Hall–Kier alpha value is -1.61. The highest BCUT2D eigenvalue weighted by atomic mass is 127. The minimum Gasteiger partial charge on any atom is -0.478 e. The van der Waals surface area contributed by atoms with E-state index >= 15 is 0 Å². The van der Waals surface area contributed by atoms with Gasteiger partial charge in [-0.05, 0) is 54.5 Å². The number of halogens is 3. The molecule has 0 bridgehead atoms. The van der Waals surface area contributed by atoms with E-state index in [1.165, 1.54) is 4.08 Å². The Balaban J connectivity index is 2.41. The van der Waals surface area contributed by atoms with Crippen molar-refractivity contribution in [3.8, 4) is 22.9 Å². The largest absolute Gasteiger partial charge is 0.478 e. The lowest BCUT2D eigenvalue weighted by Gasteiger charge is -2.18. The lowest BCUT2D eigenvalue weighted by atomic mass is 10.1. The number of aromatic nitrogens is 2. The van der Waals surface area contributed by atoms with Gasteiger partial charge in [-0.25, -0.2) is 9.97 Å². The van der Waals surface area contributed by atoms with Crippen molar-refractivity contribution >= 4 is 40.0 Å². The molecule has 0 unspecified atom stereocenters. The maximum absolute atomic E-state index is 13.3. The molecule has 2 aromatic rings. The van der Waals surface area contributed by atoms with E-state index in [0.717, 1.165) is 12.8 Å². The van der Waals surface area contributed by atoms with E-state index < -0.39 is 6.01 Å². The normalized spacial score (nSPS) is 11.6. The summed E-state index contributed by atoms with van der Waals surface area (Å²) < 4.78 is 24.9. The summed E-state index contributed by atoms with van der Waals surface area (Å²) in [6, 6.07) is 4.49. The zero-order valence-corrected chi connectivity index (χ0v) is 18.6. The van der Waals surface area contributed by atoms with Crippen LogP contribution in [0.3, 0.4) is 0 Å². The maximum Gasteiger partial charge on any atom is 0.284 e. The van der Waals surface area contributed by atoms with Crippen molar-refractivity contribution in [1.82, 2.24) is 9.97 Å². The molecule has 27 heavy (non-hydrogen) atoms. The SMILES string of the molecule is CCC(CC)Nc1nc(C)c(-c2ccc(OC(F)=CI)cc2Cl)nc1OC. The van der Waals surface area contributed by atoms with Gasteiger partial charge >= 0.3 is 0 Å². The van der Waals surface area contributed by atoms with Crippen LogP contribution in [0, 0.1) is 6.92 Å². The van der Waals surface area contributed by atoms with Gasteiger partial charge in [0.25, 0.3) is 11.9 Å². The fourth-order valence-corrected chi connectivity index (χ4v) is 2.95. The van der Waals surface area contributed by atoms with Gasteiger partial charge in [0.05, 0.1) is 23.5 Å². The Morgan fingerprint density at radius 3 is 2.59 bits per heavy atom. The zero-order chi connectivity index (χ0) is 20.0. The Morgan fingerprint density at radius 2 is 2.04 bits per heavy atom. The van der Waals surface area contributed by atoms with Crippen molar-refractivity contribution in [2.24, 2.45) is 0 Å². The molecule has 1 aromatic carbocycles. The lowest BCUT2D eigenvalue weighted by molar-refractivity contribution is 0.304. The first-order valence-corrected chi connectivity index (χ1v) is 10.2. The second-order valence-corrected chi connectivity index (χ2v) is 6.86. The van der Waals surface area contributed by atoms with Crippen molar-refractivity contribution in [3.63, 3.8) is 0 Å². The number of nitrogens with one attached hydrogen (secondary N) is 1. The van der Waals surface area contributed by atoms with Crippen LogP contribution in [0.2, 0.25) is 5.02 Å². The van der Waals surface area contributed by atoms with Gasteiger partial charge in [-0.2, -0.15) is 4.39 Å². The van der Waals surface area contributed by atoms with Crippen LogP contribution in [0.25, 0.3) is 11.3 Å². The summed E-state index contributed by atoms with van der Waals surface area (Å²) in [6.07, 6.45) is 1.94. The monoisotopic (exact) mass is 505 g/mol. The first-order chi connectivity index (χ1) is 12.9. The highest BCUT2D eigenvalue weighted by Crippen LogP contribution is 2.35. The van der Waals surface area contributed by atoms with Gasteiger partial charge in [0.1, 0.15) is 5.75 Å². The summed E-state index contributed by atoms with van der Waals surface area (Å²) in [7, 11) is 1.55. The average Bonchev–Trinajstić information content (AvgIpc) is 2.66. The topological polar surface area (TPSA) is 56.3 Å². The first-order valence-electron chi connectivity index (χ1n) is 8.56. The number of ether oxygens (including phenoxy) is 2. The smallest absolute Gasteiger partial charge is 0.284 e. The van der Waals surface area contributed by atoms with Crippen molar-refractivity contribution in [1.29, 1.82) is 0 Å². The lowest BCUT2D eigenvalue weighted by Crippen LogP contribution is -2.19. The number of benzene rings is 1. The minimum absolute atomic E-state index is 0.291. The van der Waals surface area contributed by atoms with Gasteiger partial charge in [0, 0.05) is 21.8 Å². The van der Waals surface area contributed by atoms with Gasteiger partial charge in [-0.3, -0.25) is 0 Å². The van der Waals surface area contributed by atoms with Crippen molar-refractivity contribution in [2.45, 2.75) is 39.7 Å². The Morgan fingerprint density at radius 1 is 1.33 bits per heavy atom. The van der Waals surface area contributed by atoms with E-state index in [1.54, 1.807) is 47.9 Å². The second-order valence-electron chi connectivity index (χ2n) is 5.83. The van der Waals surface area contributed by atoms with Crippen LogP contribution in [0.5, 0.6) is 11.6 Å². The van der Waals surface area contributed by atoms with E-state index in [0.29, 0.717) is 45.5 Å². The number of hydrogen-bond acceptors (Lipinski definition) is 5. The molecule has 0 amide bonds. The molecule has 1 aromatic heterocycles. The third kappa shape index (κ3) is 5.44. The first kappa shape index (κ1) is 21.7. The minimum atomic E-state index is -0.700. The molecule has 0 radical (unpaired) electrons. The van der Waals surface area contributed by atoms with Gasteiger partial charge in [-0.15, -0.1) is 0 Å². The molecular weight excluding hydrogens is 484 g/mol. The fourth-order valence-electron chi connectivity index (χ4n) is 2.57. The van der Waals surface area contributed by atoms with Crippen LogP contribution in [-0.4, -0.2) is 23.1 Å². The van der Waals surface area contributed by atoms with E-state index in [2.05, 4.69) is 29.1 Å². The molecule has 0 atom stereocenters. The van der Waals surface area contributed by atoms with E-state index in [1.807, 2.05) is 6.92 Å². The Labute approximate surface area is 177 Å². The third-order valence-electron chi connectivity index (χ3n) is 4.05. The summed E-state index contributed by atoms with van der Waals surface area (Å²) in [4.78, 5) is 9.21. The molecule has 2 rings (SSSR count). The second kappa shape index (κ2) is 10.1. The fraction of sp³-hybridized carbons (Fsp3) is 0.368. The third-order valence-corrected chi connectivity index (χ3v) is 4.86. The molecular formula is C19H22ClFIN3O2. The molecule has 8 heteroatoms. The molecule has 1 N–H and O–H groups in total. The van der Waals surface area contributed by atoms with Gasteiger partial charge in [0.2, 0.25) is 0 Å². The summed E-state index contributed by atoms with van der Waals surface area (Å²) in [6.45, 7) is 6.09. The molecule has 0 aliphatic rings. The van der Waals surface area contributed by atoms with Crippen LogP contribution in [-0.2, 0) is 0 Å². The van der Waals surface area contributed by atoms with Gasteiger partial charge in [-0.1, -0.05) is 25.4 Å². The van der Waals surface area contributed by atoms with Crippen molar-refractivity contribution in [2.75, 3.05) is 12.4 Å². The summed E-state index contributed by atoms with van der Waals surface area (Å²) >= 11 is 8.14. The number of anilines is 1. The van der Waals surface area contributed by atoms with Gasteiger partial charge < -0.3 is 14.8 Å². The predicted molar refractivity (Wildman–Crippen MR) is 116 cm³/mol. The molecule has 0 aliphatic heterocycles. The molecule has 0 spiro atoms.